The summed E-state index contributed by atoms with van der Waals surface area (Å²) in [4.78, 5) is 25.4. The van der Waals surface area contributed by atoms with E-state index in [-0.39, 0.29) is 5.91 Å². The van der Waals surface area contributed by atoms with Gasteiger partial charge in [-0.05, 0) is 33.8 Å². The van der Waals surface area contributed by atoms with Gasteiger partial charge in [0.25, 0.3) is 0 Å². The van der Waals surface area contributed by atoms with E-state index < -0.39 is 11.9 Å². The van der Waals surface area contributed by atoms with Crippen LogP contribution in [-0.4, -0.2) is 28.4 Å². The fourth-order valence-corrected chi connectivity index (χ4v) is 3.37. The molecule has 1 amide bonds. The Balaban J connectivity index is 2.06. The molecule has 17 heavy (non-hydrogen) atoms. The van der Waals surface area contributed by atoms with Crippen LogP contribution < -0.4 is 0 Å². The molecule has 0 bridgehead atoms. The van der Waals surface area contributed by atoms with E-state index in [0.717, 1.165) is 9.35 Å². The van der Waals surface area contributed by atoms with Crippen LogP contribution in [0.25, 0.3) is 0 Å². The highest BCUT2D eigenvalue weighted by molar-refractivity contribution is 9.10. The van der Waals surface area contributed by atoms with Crippen molar-refractivity contribution in [2.45, 2.75) is 19.4 Å². The van der Waals surface area contributed by atoms with Gasteiger partial charge >= 0.3 is 5.97 Å². The van der Waals surface area contributed by atoms with Gasteiger partial charge in [0.1, 0.15) is 0 Å². The molecule has 2 rings (SSSR count). The minimum Gasteiger partial charge on any atom is -0.481 e. The molecule has 1 unspecified atom stereocenters. The Hall–Kier alpha value is -0.880. The maximum atomic E-state index is 11.7. The second-order valence-electron chi connectivity index (χ2n) is 4.04. The van der Waals surface area contributed by atoms with Gasteiger partial charge in [-0.2, -0.15) is 0 Å². The predicted molar refractivity (Wildman–Crippen MR) is 67.8 cm³/mol. The fraction of sp³-hybridized carbons (Fsp3) is 0.455. The maximum Gasteiger partial charge on any atom is 0.308 e. The Morgan fingerprint density at radius 2 is 2.41 bits per heavy atom. The van der Waals surface area contributed by atoms with Crippen molar-refractivity contribution in [3.63, 3.8) is 0 Å². The van der Waals surface area contributed by atoms with Crippen molar-refractivity contribution in [1.82, 2.24) is 4.90 Å². The minimum absolute atomic E-state index is 0.0443. The lowest BCUT2D eigenvalue weighted by Gasteiger charge is -2.30. The van der Waals surface area contributed by atoms with E-state index in [0.29, 0.717) is 25.9 Å². The van der Waals surface area contributed by atoms with E-state index in [1.54, 1.807) is 16.2 Å². The molecule has 0 radical (unpaired) electrons. The molecule has 0 saturated carbocycles. The number of halogens is 1. The summed E-state index contributed by atoms with van der Waals surface area (Å²) in [6, 6.07) is 1.93. The smallest absolute Gasteiger partial charge is 0.308 e. The van der Waals surface area contributed by atoms with Crippen LogP contribution in [0.1, 0.15) is 17.7 Å². The number of carboxylic acids is 1. The van der Waals surface area contributed by atoms with Gasteiger partial charge in [-0.3, -0.25) is 9.59 Å². The van der Waals surface area contributed by atoms with Crippen LogP contribution in [0.2, 0.25) is 0 Å². The van der Waals surface area contributed by atoms with Crippen molar-refractivity contribution in [2.24, 2.45) is 5.92 Å². The van der Waals surface area contributed by atoms with Crippen molar-refractivity contribution in [3.8, 4) is 0 Å². The number of carboxylic acid groups (broad SMARTS) is 1. The van der Waals surface area contributed by atoms with Crippen molar-refractivity contribution < 1.29 is 14.7 Å². The highest BCUT2D eigenvalue weighted by atomic mass is 79.9. The molecule has 1 saturated heterocycles. The summed E-state index contributed by atoms with van der Waals surface area (Å²) in [5.74, 6) is -1.19. The number of hydrogen-bond donors (Lipinski definition) is 1. The molecule has 92 valence electrons. The third-order valence-electron chi connectivity index (χ3n) is 2.87. The van der Waals surface area contributed by atoms with E-state index in [9.17, 15) is 9.59 Å². The summed E-state index contributed by atoms with van der Waals surface area (Å²) < 4.78 is 0.979. The van der Waals surface area contributed by atoms with Crippen LogP contribution in [0.3, 0.4) is 0 Å². The van der Waals surface area contributed by atoms with Gasteiger partial charge in [-0.1, -0.05) is 0 Å². The Kier molecular flexibility index (Phi) is 3.83. The van der Waals surface area contributed by atoms with Crippen molar-refractivity contribution in [2.75, 3.05) is 6.54 Å². The highest BCUT2D eigenvalue weighted by Crippen LogP contribution is 2.27. The van der Waals surface area contributed by atoms with E-state index >= 15 is 0 Å². The van der Waals surface area contributed by atoms with E-state index in [1.165, 1.54) is 0 Å². The fourth-order valence-electron chi connectivity index (χ4n) is 1.88. The maximum absolute atomic E-state index is 11.7. The predicted octanol–water partition coefficient (Wildman–Crippen LogP) is 2.33. The van der Waals surface area contributed by atoms with Gasteiger partial charge in [0.05, 0.1) is 12.5 Å². The monoisotopic (exact) mass is 317 g/mol. The van der Waals surface area contributed by atoms with E-state index in [1.807, 2.05) is 11.4 Å². The largest absolute Gasteiger partial charge is 0.481 e. The molecule has 1 aliphatic rings. The molecule has 2 heterocycles. The number of carbonyl (C=O) groups is 2. The van der Waals surface area contributed by atoms with Crippen LogP contribution in [-0.2, 0) is 16.1 Å². The lowest BCUT2D eigenvalue weighted by Crippen LogP contribution is -2.41. The molecule has 4 nitrogen and oxygen atoms in total. The summed E-state index contributed by atoms with van der Waals surface area (Å²) in [7, 11) is 0. The molecule has 0 aromatic carbocycles. The lowest BCUT2D eigenvalue weighted by molar-refractivity contribution is -0.147. The molecule has 1 fully saturated rings. The Bertz CT molecular complexity index is 446. The quantitative estimate of drug-likeness (QED) is 0.930. The van der Waals surface area contributed by atoms with Gasteiger partial charge in [0.2, 0.25) is 5.91 Å². The molecule has 0 spiro atoms. The van der Waals surface area contributed by atoms with Gasteiger partial charge < -0.3 is 10.0 Å². The third-order valence-corrected chi connectivity index (χ3v) is 4.79. The van der Waals surface area contributed by atoms with Gasteiger partial charge in [-0.15, -0.1) is 11.3 Å². The lowest BCUT2D eigenvalue weighted by atomic mass is 9.98. The average molecular weight is 318 g/mol. The molecule has 1 atom stereocenters. The van der Waals surface area contributed by atoms with Gasteiger partial charge in [-0.25, -0.2) is 0 Å². The first-order valence-electron chi connectivity index (χ1n) is 5.30. The number of amides is 1. The van der Waals surface area contributed by atoms with E-state index in [2.05, 4.69) is 15.9 Å². The van der Waals surface area contributed by atoms with Crippen molar-refractivity contribution in [3.05, 3.63) is 20.8 Å². The summed E-state index contributed by atoms with van der Waals surface area (Å²) in [5, 5.41) is 10.9. The molecule has 1 N–H and O–H groups in total. The van der Waals surface area contributed by atoms with Crippen LogP contribution in [0.5, 0.6) is 0 Å². The summed E-state index contributed by atoms with van der Waals surface area (Å²) >= 11 is 4.98. The zero-order chi connectivity index (χ0) is 12.4. The number of hydrogen-bond acceptors (Lipinski definition) is 3. The summed E-state index contributed by atoms with van der Waals surface area (Å²) in [6.07, 6.45) is 0.788. The average Bonchev–Trinajstić information content (AvgIpc) is 2.67. The summed E-state index contributed by atoms with van der Waals surface area (Å²) in [5.41, 5.74) is 0. The second-order valence-corrected chi connectivity index (χ2v) is 5.89. The first kappa shape index (κ1) is 12.6. The van der Waals surface area contributed by atoms with Crippen molar-refractivity contribution >= 4 is 39.1 Å². The van der Waals surface area contributed by atoms with Crippen molar-refractivity contribution in [1.29, 1.82) is 0 Å². The first-order valence-corrected chi connectivity index (χ1v) is 6.97. The molecular weight excluding hydrogens is 306 g/mol. The van der Waals surface area contributed by atoms with Gasteiger partial charge in [0, 0.05) is 22.3 Å². The number of piperidine rings is 1. The zero-order valence-corrected chi connectivity index (χ0v) is 11.5. The molecular formula is C11H12BrNO3S. The third kappa shape index (κ3) is 2.87. The number of thiophene rings is 1. The Morgan fingerprint density at radius 3 is 3.00 bits per heavy atom. The van der Waals surface area contributed by atoms with Crippen LogP contribution in [0, 0.1) is 5.92 Å². The number of nitrogens with zero attached hydrogens (tertiary/aromatic N) is 1. The second kappa shape index (κ2) is 5.18. The zero-order valence-electron chi connectivity index (χ0n) is 9.06. The number of likely N-dealkylation sites (tertiary alicyclic amines) is 1. The number of carbonyl (C=O) groups excluding carboxylic acids is 1. The molecule has 1 aromatic rings. The van der Waals surface area contributed by atoms with Crippen LogP contribution in [0.15, 0.2) is 15.9 Å². The highest BCUT2D eigenvalue weighted by Gasteiger charge is 2.30. The standard InChI is InChI=1S/C11H12BrNO3S/c12-8-3-4-17-9(8)6-13-5-7(11(15)16)1-2-10(13)14/h3-4,7H,1-2,5-6H2,(H,15,16). The Morgan fingerprint density at radius 1 is 1.65 bits per heavy atom. The molecule has 1 aliphatic heterocycles. The van der Waals surface area contributed by atoms with E-state index in [4.69, 9.17) is 5.11 Å². The van der Waals surface area contributed by atoms with Gasteiger partial charge in [0.15, 0.2) is 0 Å². The summed E-state index contributed by atoms with van der Waals surface area (Å²) in [6.45, 7) is 0.819. The SMILES string of the molecule is O=C(O)C1CCC(=O)N(Cc2sccc2Br)C1. The molecule has 1 aromatic heterocycles. The molecule has 6 heteroatoms. The number of rotatable bonds is 3. The topological polar surface area (TPSA) is 57.6 Å². The normalized spacial score (nSPS) is 20.6. The molecule has 0 aliphatic carbocycles. The van der Waals surface area contributed by atoms with Crippen LogP contribution >= 0.6 is 27.3 Å². The first-order chi connectivity index (χ1) is 8.08. The number of aliphatic carboxylic acids is 1. The Labute approximate surface area is 111 Å². The van der Waals surface area contributed by atoms with Crippen LogP contribution in [0.4, 0.5) is 0 Å². The minimum atomic E-state index is -0.812.